The lowest BCUT2D eigenvalue weighted by molar-refractivity contribution is 0.225. The molecule has 1 unspecified atom stereocenters. The van der Waals surface area contributed by atoms with E-state index in [0.717, 1.165) is 22.4 Å². The lowest BCUT2D eigenvalue weighted by atomic mass is 10.1. The smallest absolute Gasteiger partial charge is 0.319 e. The molecule has 0 aliphatic carbocycles. The van der Waals surface area contributed by atoms with E-state index in [9.17, 15) is 9.90 Å². The van der Waals surface area contributed by atoms with Crippen LogP contribution in [0.5, 0.6) is 0 Å². The molecule has 4 nitrogen and oxygen atoms in total. The van der Waals surface area contributed by atoms with E-state index < -0.39 is 6.04 Å². The van der Waals surface area contributed by atoms with Crippen molar-refractivity contribution in [1.29, 1.82) is 0 Å². The van der Waals surface area contributed by atoms with Gasteiger partial charge in [0.05, 0.1) is 12.6 Å². The number of hydrogen-bond acceptors (Lipinski definition) is 2. The SMILES string of the molecule is Cc1cc(C)c(NC(=O)NC(CO)c2ccccc2)c(C)c1. The predicted molar refractivity (Wildman–Crippen MR) is 89.1 cm³/mol. The van der Waals surface area contributed by atoms with Crippen molar-refractivity contribution in [2.45, 2.75) is 26.8 Å². The molecule has 0 saturated heterocycles. The zero-order chi connectivity index (χ0) is 16.1. The van der Waals surface area contributed by atoms with Gasteiger partial charge in [-0.25, -0.2) is 4.79 Å². The molecule has 4 heteroatoms. The molecular weight excluding hydrogens is 276 g/mol. The van der Waals surface area contributed by atoms with Crippen LogP contribution in [-0.2, 0) is 0 Å². The monoisotopic (exact) mass is 298 g/mol. The molecule has 0 radical (unpaired) electrons. The van der Waals surface area contributed by atoms with Gasteiger partial charge in [0.25, 0.3) is 0 Å². The first kappa shape index (κ1) is 16.0. The van der Waals surface area contributed by atoms with Gasteiger partial charge in [0.1, 0.15) is 0 Å². The van der Waals surface area contributed by atoms with Crippen LogP contribution in [0.1, 0.15) is 28.3 Å². The maximum atomic E-state index is 12.2. The normalized spacial score (nSPS) is 11.8. The molecule has 116 valence electrons. The molecule has 3 N–H and O–H groups in total. The van der Waals surface area contributed by atoms with E-state index in [1.54, 1.807) is 0 Å². The number of aliphatic hydroxyl groups excluding tert-OH is 1. The van der Waals surface area contributed by atoms with Crippen molar-refractivity contribution in [1.82, 2.24) is 5.32 Å². The summed E-state index contributed by atoms with van der Waals surface area (Å²) >= 11 is 0. The van der Waals surface area contributed by atoms with Gasteiger partial charge in [-0.2, -0.15) is 0 Å². The number of benzene rings is 2. The molecule has 0 aromatic heterocycles. The van der Waals surface area contributed by atoms with Crippen LogP contribution in [0.15, 0.2) is 42.5 Å². The fourth-order valence-corrected chi connectivity index (χ4v) is 2.60. The molecule has 22 heavy (non-hydrogen) atoms. The number of hydrogen-bond donors (Lipinski definition) is 3. The van der Waals surface area contributed by atoms with E-state index in [4.69, 9.17) is 0 Å². The van der Waals surface area contributed by atoms with Crippen LogP contribution < -0.4 is 10.6 Å². The minimum atomic E-state index is -0.424. The lowest BCUT2D eigenvalue weighted by Crippen LogP contribution is -2.34. The Bertz CT molecular complexity index is 630. The number of amides is 2. The summed E-state index contributed by atoms with van der Waals surface area (Å²) in [7, 11) is 0. The first-order valence-electron chi connectivity index (χ1n) is 7.32. The molecule has 0 bridgehead atoms. The van der Waals surface area contributed by atoms with Gasteiger partial charge in [0, 0.05) is 5.69 Å². The maximum absolute atomic E-state index is 12.2. The topological polar surface area (TPSA) is 61.4 Å². The molecule has 0 saturated carbocycles. The van der Waals surface area contributed by atoms with E-state index in [2.05, 4.69) is 10.6 Å². The number of rotatable bonds is 4. The second-order valence-corrected chi connectivity index (χ2v) is 5.52. The molecule has 2 rings (SSSR count). The van der Waals surface area contributed by atoms with Gasteiger partial charge in [-0.1, -0.05) is 48.0 Å². The van der Waals surface area contributed by atoms with Crippen LogP contribution in [0, 0.1) is 20.8 Å². The molecule has 2 amide bonds. The third kappa shape index (κ3) is 3.86. The van der Waals surface area contributed by atoms with Gasteiger partial charge in [-0.05, 0) is 37.5 Å². The van der Waals surface area contributed by atoms with E-state index in [0.29, 0.717) is 0 Å². The third-order valence-electron chi connectivity index (χ3n) is 3.61. The minimum Gasteiger partial charge on any atom is -0.394 e. The number of nitrogens with one attached hydrogen (secondary N) is 2. The molecule has 0 fully saturated rings. The summed E-state index contributed by atoms with van der Waals surface area (Å²) in [6.45, 7) is 5.82. The summed E-state index contributed by atoms with van der Waals surface area (Å²) in [5.41, 5.74) is 4.89. The Morgan fingerprint density at radius 2 is 1.68 bits per heavy atom. The van der Waals surface area contributed by atoms with Crippen LogP contribution in [0.4, 0.5) is 10.5 Å². The van der Waals surface area contributed by atoms with Gasteiger partial charge < -0.3 is 15.7 Å². The number of carbonyl (C=O) groups excluding carboxylic acids is 1. The standard InChI is InChI=1S/C18H22N2O2/c1-12-9-13(2)17(14(3)10-12)20-18(22)19-16(11-21)15-7-5-4-6-8-15/h4-10,16,21H,11H2,1-3H3,(H2,19,20,22). The number of anilines is 1. The predicted octanol–water partition coefficient (Wildman–Crippen LogP) is 3.47. The van der Waals surface area contributed by atoms with Crippen LogP contribution >= 0.6 is 0 Å². The Kier molecular flexibility index (Phi) is 5.17. The van der Waals surface area contributed by atoms with Crippen molar-refractivity contribution in [2.24, 2.45) is 0 Å². The van der Waals surface area contributed by atoms with E-state index >= 15 is 0 Å². The average molecular weight is 298 g/mol. The Labute approximate surface area is 131 Å². The van der Waals surface area contributed by atoms with Crippen LogP contribution in [0.3, 0.4) is 0 Å². The summed E-state index contributed by atoms with van der Waals surface area (Å²) in [4.78, 5) is 12.2. The second kappa shape index (κ2) is 7.09. The first-order valence-corrected chi connectivity index (χ1v) is 7.32. The largest absolute Gasteiger partial charge is 0.394 e. The molecule has 0 heterocycles. The van der Waals surface area contributed by atoms with Gasteiger partial charge in [0.2, 0.25) is 0 Å². The van der Waals surface area contributed by atoms with Crippen LogP contribution in [-0.4, -0.2) is 17.7 Å². The van der Waals surface area contributed by atoms with Crippen molar-refractivity contribution in [3.05, 3.63) is 64.7 Å². The highest BCUT2D eigenvalue weighted by Gasteiger charge is 2.14. The van der Waals surface area contributed by atoms with Gasteiger partial charge in [-0.15, -0.1) is 0 Å². The zero-order valence-electron chi connectivity index (χ0n) is 13.2. The number of aryl methyl sites for hydroxylation is 3. The minimum absolute atomic E-state index is 0.150. The average Bonchev–Trinajstić information content (AvgIpc) is 2.49. The summed E-state index contributed by atoms with van der Waals surface area (Å²) in [5.74, 6) is 0. The fourth-order valence-electron chi connectivity index (χ4n) is 2.60. The van der Waals surface area contributed by atoms with Crippen molar-refractivity contribution in [3.63, 3.8) is 0 Å². The summed E-state index contributed by atoms with van der Waals surface area (Å²) < 4.78 is 0. The Morgan fingerprint density at radius 3 is 2.23 bits per heavy atom. The molecule has 2 aromatic rings. The van der Waals surface area contributed by atoms with Crippen molar-refractivity contribution in [3.8, 4) is 0 Å². The Morgan fingerprint density at radius 1 is 1.09 bits per heavy atom. The van der Waals surface area contributed by atoms with Crippen LogP contribution in [0.25, 0.3) is 0 Å². The Balaban J connectivity index is 2.10. The number of urea groups is 1. The quantitative estimate of drug-likeness (QED) is 0.809. The molecule has 0 aliphatic heterocycles. The highest BCUT2D eigenvalue weighted by Crippen LogP contribution is 2.22. The summed E-state index contributed by atoms with van der Waals surface area (Å²) in [6, 6.07) is 12.7. The van der Waals surface area contributed by atoms with Crippen molar-refractivity contribution < 1.29 is 9.90 Å². The van der Waals surface area contributed by atoms with Gasteiger partial charge in [0.15, 0.2) is 0 Å². The van der Waals surface area contributed by atoms with Crippen molar-refractivity contribution >= 4 is 11.7 Å². The van der Waals surface area contributed by atoms with E-state index in [1.807, 2.05) is 63.2 Å². The van der Waals surface area contributed by atoms with E-state index in [1.165, 1.54) is 5.56 Å². The highest BCUT2D eigenvalue weighted by molar-refractivity contribution is 5.91. The molecule has 0 spiro atoms. The molecule has 0 aliphatic rings. The molecular formula is C18H22N2O2. The van der Waals surface area contributed by atoms with Crippen LogP contribution in [0.2, 0.25) is 0 Å². The van der Waals surface area contributed by atoms with Crippen molar-refractivity contribution in [2.75, 3.05) is 11.9 Å². The van der Waals surface area contributed by atoms with Gasteiger partial charge in [-0.3, -0.25) is 0 Å². The maximum Gasteiger partial charge on any atom is 0.319 e. The highest BCUT2D eigenvalue weighted by atomic mass is 16.3. The lowest BCUT2D eigenvalue weighted by Gasteiger charge is -2.19. The second-order valence-electron chi connectivity index (χ2n) is 5.52. The fraction of sp³-hybridized carbons (Fsp3) is 0.278. The van der Waals surface area contributed by atoms with E-state index in [-0.39, 0.29) is 12.6 Å². The Hall–Kier alpha value is -2.33. The third-order valence-corrected chi connectivity index (χ3v) is 3.61. The number of aliphatic hydroxyl groups is 1. The first-order chi connectivity index (χ1) is 10.5. The molecule has 2 aromatic carbocycles. The zero-order valence-corrected chi connectivity index (χ0v) is 13.2. The summed E-state index contributed by atoms with van der Waals surface area (Å²) in [5, 5.41) is 15.2. The number of carbonyl (C=O) groups is 1. The summed E-state index contributed by atoms with van der Waals surface area (Å²) in [6.07, 6.45) is 0. The van der Waals surface area contributed by atoms with Gasteiger partial charge >= 0.3 is 6.03 Å². The molecule has 1 atom stereocenters.